The van der Waals surface area contributed by atoms with E-state index in [-0.39, 0.29) is 5.41 Å². The Balaban J connectivity index is 3.04. The van der Waals surface area contributed by atoms with Gasteiger partial charge in [0.2, 0.25) is 0 Å². The molecular formula is C10H13N. The van der Waals surface area contributed by atoms with E-state index in [9.17, 15) is 0 Å². The molecule has 11 heavy (non-hydrogen) atoms. The van der Waals surface area contributed by atoms with E-state index in [0.717, 1.165) is 5.70 Å². The number of allylic oxidation sites excluding steroid dienone is 3. The molecule has 0 fully saturated rings. The van der Waals surface area contributed by atoms with E-state index in [1.165, 1.54) is 5.57 Å². The summed E-state index contributed by atoms with van der Waals surface area (Å²) in [5, 5.41) is 3.12. The predicted octanol–water partition coefficient (Wildman–Crippen LogP) is 2.04. The fraction of sp³-hybridized carbons (Fsp3) is 0.400. The summed E-state index contributed by atoms with van der Waals surface area (Å²) in [6.07, 6.45) is 9.47. The van der Waals surface area contributed by atoms with Crippen LogP contribution >= 0.6 is 0 Å². The van der Waals surface area contributed by atoms with Crippen LogP contribution in [0.3, 0.4) is 0 Å². The van der Waals surface area contributed by atoms with Crippen molar-refractivity contribution in [1.82, 2.24) is 5.32 Å². The third-order valence-corrected chi connectivity index (χ3v) is 2.14. The van der Waals surface area contributed by atoms with E-state index in [2.05, 4.69) is 17.3 Å². The van der Waals surface area contributed by atoms with Crippen LogP contribution < -0.4 is 5.32 Å². The molecule has 1 aliphatic heterocycles. The summed E-state index contributed by atoms with van der Waals surface area (Å²) >= 11 is 0. The lowest BCUT2D eigenvalue weighted by Gasteiger charge is -2.25. The van der Waals surface area contributed by atoms with Crippen molar-refractivity contribution in [3.05, 3.63) is 23.5 Å². The van der Waals surface area contributed by atoms with Crippen LogP contribution in [0.25, 0.3) is 0 Å². The number of hydrogen-bond donors (Lipinski definition) is 1. The van der Waals surface area contributed by atoms with Crippen LogP contribution in [0.5, 0.6) is 0 Å². The van der Waals surface area contributed by atoms with E-state index < -0.39 is 0 Å². The van der Waals surface area contributed by atoms with Gasteiger partial charge in [-0.05, 0) is 32.4 Å². The molecule has 1 heterocycles. The van der Waals surface area contributed by atoms with Gasteiger partial charge in [-0.25, -0.2) is 0 Å². The third-order valence-electron chi connectivity index (χ3n) is 2.14. The highest BCUT2D eigenvalue weighted by atomic mass is 14.9. The molecule has 1 aliphatic rings. The first kappa shape index (κ1) is 7.94. The number of terminal acetylenes is 1. The van der Waals surface area contributed by atoms with Gasteiger partial charge in [0.15, 0.2) is 0 Å². The van der Waals surface area contributed by atoms with Crippen LogP contribution in [-0.4, -0.2) is 0 Å². The molecule has 0 aromatic heterocycles. The number of rotatable bonds is 0. The van der Waals surface area contributed by atoms with Gasteiger partial charge in [-0.2, -0.15) is 0 Å². The van der Waals surface area contributed by atoms with Crippen molar-refractivity contribution in [2.45, 2.75) is 20.8 Å². The molecule has 0 saturated carbocycles. The maximum absolute atomic E-state index is 5.43. The van der Waals surface area contributed by atoms with Gasteiger partial charge in [-0.15, -0.1) is 6.42 Å². The molecule has 0 amide bonds. The standard InChI is InChI=1S/C10H13N/c1-5-10(4)6-9(3)11-7-8(10)2/h1,6-7,11H,2-4H3/t10-/m0/s1. The highest BCUT2D eigenvalue weighted by molar-refractivity contribution is 5.35. The lowest BCUT2D eigenvalue weighted by Crippen LogP contribution is -2.21. The smallest absolute Gasteiger partial charge is 0.0705 e. The molecule has 0 unspecified atom stereocenters. The third kappa shape index (κ3) is 1.30. The SMILES string of the molecule is C#C[C@@]1(C)C=C(C)NC=C1C. The summed E-state index contributed by atoms with van der Waals surface area (Å²) in [6.45, 7) is 6.09. The Kier molecular flexibility index (Phi) is 1.78. The van der Waals surface area contributed by atoms with Gasteiger partial charge in [0.25, 0.3) is 0 Å². The van der Waals surface area contributed by atoms with Crippen molar-refractivity contribution in [2.75, 3.05) is 0 Å². The minimum Gasteiger partial charge on any atom is -0.365 e. The molecular weight excluding hydrogens is 134 g/mol. The van der Waals surface area contributed by atoms with Crippen molar-refractivity contribution < 1.29 is 0 Å². The zero-order chi connectivity index (χ0) is 8.48. The maximum atomic E-state index is 5.43. The van der Waals surface area contributed by atoms with Crippen LogP contribution in [0, 0.1) is 17.8 Å². The first-order valence-electron chi connectivity index (χ1n) is 3.69. The minimum atomic E-state index is -0.185. The zero-order valence-corrected chi connectivity index (χ0v) is 7.23. The average molecular weight is 147 g/mol. The Bertz CT molecular complexity index is 265. The van der Waals surface area contributed by atoms with E-state index >= 15 is 0 Å². The normalized spacial score (nSPS) is 29.6. The summed E-state index contributed by atoms with van der Waals surface area (Å²) in [5.74, 6) is 2.78. The monoisotopic (exact) mass is 147 g/mol. The second-order valence-electron chi connectivity index (χ2n) is 3.15. The van der Waals surface area contributed by atoms with Gasteiger partial charge in [0, 0.05) is 11.9 Å². The molecule has 1 nitrogen and oxygen atoms in total. The molecule has 1 rings (SSSR count). The molecule has 58 valence electrons. The summed E-state index contributed by atoms with van der Waals surface area (Å²) in [7, 11) is 0. The highest BCUT2D eigenvalue weighted by Crippen LogP contribution is 2.30. The van der Waals surface area contributed by atoms with Gasteiger partial charge in [-0.3, -0.25) is 0 Å². The summed E-state index contributed by atoms with van der Waals surface area (Å²) in [5.41, 5.74) is 2.12. The van der Waals surface area contributed by atoms with E-state index in [1.807, 2.05) is 27.0 Å². The molecule has 0 bridgehead atoms. The molecule has 0 aliphatic carbocycles. The van der Waals surface area contributed by atoms with Crippen molar-refractivity contribution >= 4 is 0 Å². The van der Waals surface area contributed by atoms with E-state index in [1.54, 1.807) is 0 Å². The number of hydrogen-bond acceptors (Lipinski definition) is 1. The molecule has 1 heteroatoms. The van der Waals surface area contributed by atoms with Crippen LogP contribution in [0.15, 0.2) is 23.5 Å². The predicted molar refractivity (Wildman–Crippen MR) is 47.6 cm³/mol. The van der Waals surface area contributed by atoms with Gasteiger partial charge in [0.05, 0.1) is 5.41 Å². The van der Waals surface area contributed by atoms with E-state index in [0.29, 0.717) is 0 Å². The lowest BCUT2D eigenvalue weighted by molar-refractivity contribution is 0.653. The quantitative estimate of drug-likeness (QED) is 0.517. The highest BCUT2D eigenvalue weighted by Gasteiger charge is 2.23. The number of nitrogens with one attached hydrogen (secondary N) is 1. The van der Waals surface area contributed by atoms with Crippen LogP contribution in [0.2, 0.25) is 0 Å². The van der Waals surface area contributed by atoms with Crippen molar-refractivity contribution in [3.63, 3.8) is 0 Å². The Labute approximate surface area is 68.2 Å². The zero-order valence-electron chi connectivity index (χ0n) is 7.23. The Morgan fingerprint density at radius 1 is 1.55 bits per heavy atom. The number of dihydropyridines is 1. The molecule has 0 radical (unpaired) electrons. The van der Waals surface area contributed by atoms with Crippen LogP contribution in [0.1, 0.15) is 20.8 Å². The molecule has 0 aromatic carbocycles. The van der Waals surface area contributed by atoms with Gasteiger partial charge < -0.3 is 5.32 Å². The van der Waals surface area contributed by atoms with Crippen molar-refractivity contribution in [2.24, 2.45) is 5.41 Å². The van der Waals surface area contributed by atoms with Gasteiger partial charge in [0.1, 0.15) is 0 Å². The minimum absolute atomic E-state index is 0.185. The summed E-state index contributed by atoms with van der Waals surface area (Å²) in [4.78, 5) is 0. The van der Waals surface area contributed by atoms with Crippen LogP contribution in [0.4, 0.5) is 0 Å². The first-order chi connectivity index (χ1) is 5.08. The maximum Gasteiger partial charge on any atom is 0.0705 e. The van der Waals surface area contributed by atoms with Crippen molar-refractivity contribution in [1.29, 1.82) is 0 Å². The van der Waals surface area contributed by atoms with Gasteiger partial charge >= 0.3 is 0 Å². The average Bonchev–Trinajstić information content (AvgIpc) is 1.98. The topological polar surface area (TPSA) is 12.0 Å². The Morgan fingerprint density at radius 3 is 2.64 bits per heavy atom. The van der Waals surface area contributed by atoms with Crippen molar-refractivity contribution in [3.8, 4) is 12.3 Å². The molecule has 0 spiro atoms. The molecule has 1 atom stereocenters. The lowest BCUT2D eigenvalue weighted by atomic mass is 9.82. The molecule has 1 N–H and O–H groups in total. The first-order valence-corrected chi connectivity index (χ1v) is 3.69. The summed E-state index contributed by atoms with van der Waals surface area (Å²) in [6, 6.07) is 0. The van der Waals surface area contributed by atoms with E-state index in [4.69, 9.17) is 6.42 Å². The Morgan fingerprint density at radius 2 is 2.18 bits per heavy atom. The Hall–Kier alpha value is -1.16. The fourth-order valence-corrected chi connectivity index (χ4v) is 1.12. The summed E-state index contributed by atoms with van der Waals surface area (Å²) < 4.78 is 0. The second kappa shape index (κ2) is 2.47. The second-order valence-corrected chi connectivity index (χ2v) is 3.15. The molecule has 0 saturated heterocycles. The molecule has 0 aromatic rings. The van der Waals surface area contributed by atoms with Crippen LogP contribution in [-0.2, 0) is 0 Å². The van der Waals surface area contributed by atoms with Gasteiger partial charge in [-0.1, -0.05) is 5.92 Å². The largest absolute Gasteiger partial charge is 0.365 e. The fourth-order valence-electron chi connectivity index (χ4n) is 1.12.